The number of rotatable bonds is 4. The quantitative estimate of drug-likeness (QED) is 0.489. The Morgan fingerprint density at radius 3 is 0.885 bits per heavy atom. The summed E-state index contributed by atoms with van der Waals surface area (Å²) >= 11 is 0. The Balaban J connectivity index is 0.000000791. The molecule has 3 aromatic rings. The molecule has 0 spiro atoms. The van der Waals surface area contributed by atoms with Crippen LogP contribution in [0.15, 0.2) is 84.9 Å². The molecule has 0 atom stereocenters. The van der Waals surface area contributed by atoms with Gasteiger partial charge in [0.2, 0.25) is 0 Å². The molecule has 0 radical (unpaired) electrons. The van der Waals surface area contributed by atoms with Crippen molar-refractivity contribution in [2.45, 2.75) is 27.7 Å². The molecule has 0 aliphatic heterocycles. The van der Waals surface area contributed by atoms with Gasteiger partial charge in [0.1, 0.15) is 0 Å². The molecular weight excluding hydrogens is 316 g/mol. The van der Waals surface area contributed by atoms with Crippen LogP contribution >= 0.6 is 0 Å². The van der Waals surface area contributed by atoms with E-state index >= 15 is 0 Å². The van der Waals surface area contributed by atoms with Crippen molar-refractivity contribution in [3.63, 3.8) is 0 Å². The van der Waals surface area contributed by atoms with E-state index in [1.807, 2.05) is 39.8 Å². The number of anilines is 4. The van der Waals surface area contributed by atoms with Crippen LogP contribution in [0.4, 0.5) is 22.7 Å². The molecule has 26 heavy (non-hydrogen) atoms. The number of nitrogens with zero attached hydrogens (tertiary/aromatic N) is 2. The van der Waals surface area contributed by atoms with Crippen LogP contribution < -0.4 is 9.80 Å². The maximum Gasteiger partial charge on any atom is 0.0409 e. The maximum absolute atomic E-state index is 2.19. The van der Waals surface area contributed by atoms with Crippen molar-refractivity contribution in [3.05, 3.63) is 84.9 Å². The monoisotopic (exact) mass is 348 g/mol. The van der Waals surface area contributed by atoms with Gasteiger partial charge in [-0.2, -0.15) is 0 Å². The summed E-state index contributed by atoms with van der Waals surface area (Å²) in [6.07, 6.45) is 0. The van der Waals surface area contributed by atoms with Crippen LogP contribution in [0.2, 0.25) is 0 Å². The Labute approximate surface area is 159 Å². The van der Waals surface area contributed by atoms with E-state index < -0.39 is 0 Å². The highest BCUT2D eigenvalue weighted by Crippen LogP contribution is 2.28. The van der Waals surface area contributed by atoms with Crippen molar-refractivity contribution in [1.82, 2.24) is 0 Å². The summed E-state index contributed by atoms with van der Waals surface area (Å²) in [6.45, 7) is 8.00. The molecule has 0 saturated heterocycles. The van der Waals surface area contributed by atoms with E-state index in [-0.39, 0.29) is 0 Å². The standard InChI is InChI=1S/C20H20N2.2C2H6/c1-21(17-9-5-3-6-10-17)19-13-15-20(16-14-19)22(2)18-11-7-4-8-12-18;2*1-2/h3-16H,1-2H3;2*1-2H3. The average molecular weight is 349 g/mol. The minimum atomic E-state index is 1.18. The molecule has 3 rings (SSSR count). The first-order valence-corrected chi connectivity index (χ1v) is 9.43. The summed E-state index contributed by atoms with van der Waals surface area (Å²) in [5.41, 5.74) is 4.73. The van der Waals surface area contributed by atoms with Crippen LogP contribution in [-0.4, -0.2) is 14.1 Å². The highest BCUT2D eigenvalue weighted by atomic mass is 15.1. The fraction of sp³-hybridized carbons (Fsp3) is 0.250. The van der Waals surface area contributed by atoms with Gasteiger partial charge in [0, 0.05) is 36.8 Å². The zero-order chi connectivity index (χ0) is 19.4. The predicted octanol–water partition coefficient (Wildman–Crippen LogP) is 7.27. The fourth-order valence-electron chi connectivity index (χ4n) is 2.50. The summed E-state index contributed by atoms with van der Waals surface area (Å²) in [5.74, 6) is 0. The van der Waals surface area contributed by atoms with Crippen LogP contribution in [0.1, 0.15) is 27.7 Å². The second-order valence-corrected chi connectivity index (χ2v) is 5.31. The summed E-state index contributed by atoms with van der Waals surface area (Å²) in [5, 5.41) is 0. The summed E-state index contributed by atoms with van der Waals surface area (Å²) in [6, 6.07) is 29.4. The highest BCUT2D eigenvalue weighted by molar-refractivity contribution is 5.68. The zero-order valence-electron chi connectivity index (χ0n) is 17.0. The first-order valence-electron chi connectivity index (χ1n) is 9.43. The lowest BCUT2D eigenvalue weighted by Gasteiger charge is -2.22. The lowest BCUT2D eigenvalue weighted by Crippen LogP contribution is -2.11. The molecule has 0 unspecified atom stereocenters. The van der Waals surface area contributed by atoms with Gasteiger partial charge in [-0.1, -0.05) is 64.1 Å². The normalized spacial score (nSPS) is 9.15. The molecule has 138 valence electrons. The number of benzene rings is 3. The third kappa shape index (κ3) is 5.66. The van der Waals surface area contributed by atoms with Crippen molar-refractivity contribution in [1.29, 1.82) is 0 Å². The van der Waals surface area contributed by atoms with Gasteiger partial charge in [-0.25, -0.2) is 0 Å². The Bertz CT molecular complexity index is 642. The van der Waals surface area contributed by atoms with E-state index in [1.165, 1.54) is 22.7 Å². The molecule has 0 aliphatic carbocycles. The van der Waals surface area contributed by atoms with Gasteiger partial charge in [-0.15, -0.1) is 0 Å². The van der Waals surface area contributed by atoms with E-state index in [2.05, 4.69) is 96.7 Å². The van der Waals surface area contributed by atoms with Gasteiger partial charge in [0.05, 0.1) is 0 Å². The minimum absolute atomic E-state index is 1.18. The third-order valence-electron chi connectivity index (χ3n) is 3.91. The maximum atomic E-state index is 2.19. The Kier molecular flexibility index (Phi) is 9.63. The molecule has 0 aliphatic rings. The van der Waals surface area contributed by atoms with Gasteiger partial charge < -0.3 is 9.80 Å². The highest BCUT2D eigenvalue weighted by Gasteiger charge is 2.06. The number of hydrogen-bond donors (Lipinski definition) is 0. The van der Waals surface area contributed by atoms with E-state index in [4.69, 9.17) is 0 Å². The Morgan fingerprint density at radius 1 is 0.385 bits per heavy atom. The SMILES string of the molecule is CC.CC.CN(c1ccccc1)c1ccc(N(C)c2ccccc2)cc1. The van der Waals surface area contributed by atoms with Crippen molar-refractivity contribution in [2.75, 3.05) is 23.9 Å². The van der Waals surface area contributed by atoms with E-state index in [9.17, 15) is 0 Å². The number of hydrogen-bond acceptors (Lipinski definition) is 2. The lowest BCUT2D eigenvalue weighted by molar-refractivity contribution is 1.18. The van der Waals surface area contributed by atoms with Gasteiger partial charge in [0.25, 0.3) is 0 Å². The van der Waals surface area contributed by atoms with Gasteiger partial charge in [0.15, 0.2) is 0 Å². The van der Waals surface area contributed by atoms with Crippen LogP contribution in [0.5, 0.6) is 0 Å². The number of para-hydroxylation sites is 2. The second kappa shape index (κ2) is 11.8. The van der Waals surface area contributed by atoms with Crippen LogP contribution in [0.25, 0.3) is 0 Å². The molecule has 0 fully saturated rings. The third-order valence-corrected chi connectivity index (χ3v) is 3.91. The summed E-state index contributed by atoms with van der Waals surface area (Å²) in [4.78, 5) is 4.37. The Morgan fingerprint density at radius 2 is 0.615 bits per heavy atom. The van der Waals surface area contributed by atoms with E-state index in [0.717, 1.165) is 0 Å². The largest absolute Gasteiger partial charge is 0.345 e. The minimum Gasteiger partial charge on any atom is -0.345 e. The molecule has 2 nitrogen and oxygen atoms in total. The van der Waals surface area contributed by atoms with Gasteiger partial charge in [-0.3, -0.25) is 0 Å². The van der Waals surface area contributed by atoms with Crippen LogP contribution in [0, 0.1) is 0 Å². The fourth-order valence-corrected chi connectivity index (χ4v) is 2.50. The topological polar surface area (TPSA) is 6.48 Å². The smallest absolute Gasteiger partial charge is 0.0409 e. The van der Waals surface area contributed by atoms with Crippen molar-refractivity contribution in [2.24, 2.45) is 0 Å². The van der Waals surface area contributed by atoms with Gasteiger partial charge >= 0.3 is 0 Å². The molecule has 0 bridgehead atoms. The average Bonchev–Trinajstić information content (AvgIpc) is 2.77. The van der Waals surface area contributed by atoms with Crippen molar-refractivity contribution < 1.29 is 0 Å². The molecule has 0 aromatic heterocycles. The van der Waals surface area contributed by atoms with Crippen molar-refractivity contribution in [3.8, 4) is 0 Å². The van der Waals surface area contributed by atoms with E-state index in [1.54, 1.807) is 0 Å². The first-order chi connectivity index (χ1) is 12.8. The molecule has 3 aromatic carbocycles. The van der Waals surface area contributed by atoms with Gasteiger partial charge in [-0.05, 0) is 48.5 Å². The first kappa shape index (κ1) is 21.3. The molecular formula is C24H32N2. The van der Waals surface area contributed by atoms with E-state index in [0.29, 0.717) is 0 Å². The Hall–Kier alpha value is -2.74. The molecule has 2 heteroatoms. The molecule has 0 amide bonds. The predicted molar refractivity (Wildman–Crippen MR) is 118 cm³/mol. The molecule has 0 N–H and O–H groups in total. The zero-order valence-corrected chi connectivity index (χ0v) is 17.0. The molecule has 0 saturated carbocycles. The second-order valence-electron chi connectivity index (χ2n) is 5.31. The molecule has 0 heterocycles. The summed E-state index contributed by atoms with van der Waals surface area (Å²) in [7, 11) is 4.18. The summed E-state index contributed by atoms with van der Waals surface area (Å²) < 4.78 is 0. The lowest BCUT2D eigenvalue weighted by atomic mass is 10.2. The van der Waals surface area contributed by atoms with Crippen molar-refractivity contribution >= 4 is 22.7 Å². The van der Waals surface area contributed by atoms with Crippen LogP contribution in [0.3, 0.4) is 0 Å². The van der Waals surface area contributed by atoms with Crippen LogP contribution in [-0.2, 0) is 0 Å².